The largest absolute Gasteiger partial charge is 0.207 e. The van der Waals surface area contributed by atoms with E-state index >= 15 is 0 Å². The van der Waals surface area contributed by atoms with Crippen molar-refractivity contribution in [2.45, 2.75) is 19.3 Å². The molecule has 0 aliphatic heterocycles. The zero-order chi connectivity index (χ0) is 10.9. The maximum atomic E-state index is 13.2. The lowest BCUT2D eigenvalue weighted by molar-refractivity contribution is 0.467. The van der Waals surface area contributed by atoms with E-state index in [4.69, 9.17) is 5.26 Å². The molecule has 0 aliphatic rings. The Morgan fingerprint density at radius 1 is 1.21 bits per heavy atom. The molecule has 14 heavy (non-hydrogen) atoms. The van der Waals surface area contributed by atoms with Gasteiger partial charge < -0.3 is 0 Å². The van der Waals surface area contributed by atoms with Crippen LogP contribution >= 0.6 is 0 Å². The summed E-state index contributed by atoms with van der Waals surface area (Å²) in [6, 6.07) is 3.07. The smallest absolute Gasteiger partial charge is 0.163 e. The molecule has 0 unspecified atom stereocenters. The molecule has 1 nitrogen and oxygen atoms in total. The highest BCUT2D eigenvalue weighted by Gasteiger charge is 2.26. The molecule has 1 rings (SSSR count). The van der Waals surface area contributed by atoms with Gasteiger partial charge in [-0.15, -0.1) is 0 Å². The zero-order valence-electron chi connectivity index (χ0n) is 7.74. The lowest BCUT2D eigenvalue weighted by Gasteiger charge is -2.16. The van der Waals surface area contributed by atoms with Gasteiger partial charge in [-0.3, -0.25) is 0 Å². The third-order valence-corrected chi connectivity index (χ3v) is 1.95. The van der Waals surface area contributed by atoms with Gasteiger partial charge in [-0.2, -0.15) is 5.26 Å². The van der Waals surface area contributed by atoms with Crippen LogP contribution < -0.4 is 0 Å². The molecule has 1 aromatic carbocycles. The summed E-state index contributed by atoms with van der Waals surface area (Å²) in [7, 11) is 0. The summed E-state index contributed by atoms with van der Waals surface area (Å²) < 4.78 is 38.7. The zero-order valence-corrected chi connectivity index (χ0v) is 7.74. The fourth-order valence-electron chi connectivity index (χ4n) is 1.07. The molecule has 0 amide bonds. The second kappa shape index (κ2) is 3.33. The molecule has 0 N–H and O–H groups in total. The number of benzene rings is 1. The maximum absolute atomic E-state index is 13.2. The van der Waals surface area contributed by atoms with Crippen LogP contribution in [0.3, 0.4) is 0 Å². The first-order chi connectivity index (χ1) is 6.38. The first kappa shape index (κ1) is 10.6. The third-order valence-electron chi connectivity index (χ3n) is 1.95. The van der Waals surface area contributed by atoms with E-state index in [-0.39, 0.29) is 5.56 Å². The van der Waals surface area contributed by atoms with Crippen molar-refractivity contribution in [2.24, 2.45) is 0 Å². The highest BCUT2D eigenvalue weighted by atomic mass is 19.2. The van der Waals surface area contributed by atoms with Crippen molar-refractivity contribution >= 4 is 0 Å². The van der Waals surface area contributed by atoms with Crippen LogP contribution in [0.1, 0.15) is 19.4 Å². The summed E-state index contributed by atoms with van der Waals surface area (Å²) >= 11 is 0. The molecule has 0 saturated heterocycles. The molecule has 0 aliphatic carbocycles. The first-order valence-electron chi connectivity index (χ1n) is 3.95. The summed E-state index contributed by atoms with van der Waals surface area (Å²) in [5.74, 6) is -3.33. The molecule has 0 radical (unpaired) electrons. The van der Waals surface area contributed by atoms with Crippen LogP contribution in [0, 0.1) is 28.8 Å². The molecule has 0 bridgehead atoms. The highest BCUT2D eigenvalue weighted by molar-refractivity contribution is 5.32. The Hall–Kier alpha value is -1.50. The lowest BCUT2D eigenvalue weighted by Crippen LogP contribution is -2.17. The van der Waals surface area contributed by atoms with Gasteiger partial charge in [-0.1, -0.05) is 0 Å². The van der Waals surface area contributed by atoms with Gasteiger partial charge in [-0.25, -0.2) is 13.2 Å². The summed E-state index contributed by atoms with van der Waals surface area (Å²) in [6.07, 6.45) is 0. The summed E-state index contributed by atoms with van der Waals surface area (Å²) in [6.45, 7) is 2.79. The topological polar surface area (TPSA) is 23.8 Å². The number of hydrogen-bond acceptors (Lipinski definition) is 1. The molecular weight excluding hydrogens is 191 g/mol. The van der Waals surface area contributed by atoms with E-state index < -0.39 is 22.9 Å². The first-order valence-corrected chi connectivity index (χ1v) is 3.95. The third kappa shape index (κ3) is 1.72. The van der Waals surface area contributed by atoms with E-state index in [1.165, 1.54) is 13.8 Å². The number of halogens is 3. The Morgan fingerprint density at radius 3 is 2.29 bits per heavy atom. The predicted molar refractivity (Wildman–Crippen MR) is 45.0 cm³/mol. The molecule has 0 saturated carbocycles. The minimum absolute atomic E-state index is 0.266. The van der Waals surface area contributed by atoms with Gasteiger partial charge in [0.1, 0.15) is 5.82 Å². The number of hydrogen-bond donors (Lipinski definition) is 0. The van der Waals surface area contributed by atoms with Crippen LogP contribution in [0.15, 0.2) is 12.1 Å². The van der Waals surface area contributed by atoms with Gasteiger partial charge in [0.2, 0.25) is 0 Å². The molecule has 74 valence electrons. The molecule has 4 heteroatoms. The molecule has 0 heterocycles. The normalized spacial score (nSPS) is 11.1. The van der Waals surface area contributed by atoms with E-state index in [0.717, 1.165) is 6.07 Å². The molecule has 0 spiro atoms. The molecule has 0 fully saturated rings. The molecule has 0 aromatic heterocycles. The summed E-state index contributed by atoms with van der Waals surface area (Å²) in [4.78, 5) is 0. The van der Waals surface area contributed by atoms with E-state index in [9.17, 15) is 13.2 Å². The minimum atomic E-state index is -1.27. The lowest BCUT2D eigenvalue weighted by atomic mass is 9.86. The van der Waals surface area contributed by atoms with Crippen molar-refractivity contribution in [1.29, 1.82) is 5.26 Å². The fraction of sp³-hybridized carbons (Fsp3) is 0.300. The predicted octanol–water partition coefficient (Wildman–Crippen LogP) is 2.91. The highest BCUT2D eigenvalue weighted by Crippen LogP contribution is 2.27. The average molecular weight is 199 g/mol. The van der Waals surface area contributed by atoms with Gasteiger partial charge in [-0.05, 0) is 19.9 Å². The van der Waals surface area contributed by atoms with Crippen molar-refractivity contribution < 1.29 is 13.2 Å². The van der Waals surface area contributed by atoms with Gasteiger partial charge in [0.15, 0.2) is 11.6 Å². The SMILES string of the molecule is CC(C)(C#N)c1cc(F)cc(F)c1F. The summed E-state index contributed by atoms with van der Waals surface area (Å²) in [5.41, 5.74) is -1.51. The quantitative estimate of drug-likeness (QED) is 0.638. The van der Waals surface area contributed by atoms with E-state index in [1.54, 1.807) is 6.07 Å². The maximum Gasteiger partial charge on any atom is 0.163 e. The van der Waals surface area contributed by atoms with Crippen LogP contribution in [-0.4, -0.2) is 0 Å². The van der Waals surface area contributed by atoms with Crippen molar-refractivity contribution in [3.05, 3.63) is 35.1 Å². The van der Waals surface area contributed by atoms with Gasteiger partial charge in [0.25, 0.3) is 0 Å². The van der Waals surface area contributed by atoms with Crippen LogP contribution in [0.2, 0.25) is 0 Å². The van der Waals surface area contributed by atoms with Crippen LogP contribution in [0.5, 0.6) is 0 Å². The second-order valence-corrected chi connectivity index (χ2v) is 3.49. The summed E-state index contributed by atoms with van der Waals surface area (Å²) in [5, 5.41) is 8.69. The minimum Gasteiger partial charge on any atom is -0.207 e. The Kier molecular flexibility index (Phi) is 2.52. The molecule has 0 atom stereocenters. The number of nitriles is 1. The van der Waals surface area contributed by atoms with Crippen molar-refractivity contribution in [3.8, 4) is 6.07 Å². The van der Waals surface area contributed by atoms with Crippen molar-refractivity contribution in [2.75, 3.05) is 0 Å². The van der Waals surface area contributed by atoms with Gasteiger partial charge in [0.05, 0.1) is 11.5 Å². The molecular formula is C10H8F3N. The van der Waals surface area contributed by atoms with E-state index in [1.807, 2.05) is 0 Å². The fourth-order valence-corrected chi connectivity index (χ4v) is 1.07. The number of nitrogens with zero attached hydrogens (tertiary/aromatic N) is 1. The van der Waals surface area contributed by atoms with Crippen LogP contribution in [0.25, 0.3) is 0 Å². The average Bonchev–Trinajstić information content (AvgIpc) is 2.11. The standard InChI is InChI=1S/C10H8F3N/c1-10(2,5-14)7-3-6(11)4-8(12)9(7)13/h3-4H,1-2H3. The van der Waals surface area contributed by atoms with Gasteiger partial charge >= 0.3 is 0 Å². The Balaban J connectivity index is 3.44. The van der Waals surface area contributed by atoms with Crippen molar-refractivity contribution in [1.82, 2.24) is 0 Å². The number of rotatable bonds is 1. The molecule has 1 aromatic rings. The second-order valence-electron chi connectivity index (χ2n) is 3.49. The monoisotopic (exact) mass is 199 g/mol. The van der Waals surface area contributed by atoms with Crippen LogP contribution in [0.4, 0.5) is 13.2 Å². The van der Waals surface area contributed by atoms with E-state index in [0.29, 0.717) is 6.07 Å². The van der Waals surface area contributed by atoms with E-state index in [2.05, 4.69) is 0 Å². The van der Waals surface area contributed by atoms with Gasteiger partial charge in [0, 0.05) is 11.6 Å². The Labute approximate surface area is 79.8 Å². The van der Waals surface area contributed by atoms with Crippen LogP contribution in [-0.2, 0) is 5.41 Å². The Bertz CT molecular complexity index is 405. The van der Waals surface area contributed by atoms with Crippen molar-refractivity contribution in [3.63, 3.8) is 0 Å². The Morgan fingerprint density at radius 2 is 1.79 bits per heavy atom.